The number of hydrogen-bond donors (Lipinski definition) is 2. The minimum Gasteiger partial charge on any atom is -0.397 e. The number of thioether (sulfide) groups is 1. The number of rotatable bonds is 4. The van der Waals surface area contributed by atoms with Gasteiger partial charge in [0.1, 0.15) is 5.03 Å². The highest BCUT2D eigenvalue weighted by Crippen LogP contribution is 2.25. The number of nitrogen functional groups attached to an aromatic ring is 1. The number of anilines is 1. The fourth-order valence-electron chi connectivity index (χ4n) is 1.49. The summed E-state index contributed by atoms with van der Waals surface area (Å²) in [7, 11) is 0. The van der Waals surface area contributed by atoms with Crippen molar-refractivity contribution in [2.45, 2.75) is 10.8 Å². The van der Waals surface area contributed by atoms with Gasteiger partial charge in [0, 0.05) is 10.8 Å². The number of nitrogens with zero attached hydrogens (tertiary/aromatic N) is 1. The quantitative estimate of drug-likeness (QED) is 0.849. The Labute approximate surface area is 120 Å². The number of benzene rings is 1. The fraction of sp³-hybridized carbons (Fsp3) is 0.0769. The summed E-state index contributed by atoms with van der Waals surface area (Å²) in [6.07, 6.45) is 1.51. The number of hydrogen-bond acceptors (Lipinski definition) is 4. The lowest BCUT2D eigenvalue weighted by Gasteiger charge is -2.06. The molecular weight excluding hydrogens is 282 g/mol. The SMILES string of the molecule is NC(=O)c1cc(N)cnc1SCc1ccc(Cl)cc1. The first-order valence-electron chi connectivity index (χ1n) is 5.49. The predicted molar refractivity (Wildman–Crippen MR) is 78.2 cm³/mol. The van der Waals surface area contributed by atoms with E-state index in [1.54, 1.807) is 6.07 Å². The van der Waals surface area contributed by atoms with Crippen molar-refractivity contribution in [3.05, 3.63) is 52.7 Å². The Morgan fingerprint density at radius 1 is 1.32 bits per heavy atom. The maximum Gasteiger partial charge on any atom is 0.251 e. The standard InChI is InChI=1S/C13H12ClN3OS/c14-9-3-1-8(2-4-9)7-19-13-11(12(16)18)5-10(15)6-17-13/h1-6H,7,15H2,(H2,16,18). The molecule has 0 aliphatic heterocycles. The van der Waals surface area contributed by atoms with Gasteiger partial charge in [-0.1, -0.05) is 23.7 Å². The van der Waals surface area contributed by atoms with Crippen molar-refractivity contribution >= 4 is 35.0 Å². The van der Waals surface area contributed by atoms with Gasteiger partial charge >= 0.3 is 0 Å². The number of pyridine rings is 1. The van der Waals surface area contributed by atoms with Crippen LogP contribution in [0.4, 0.5) is 5.69 Å². The van der Waals surface area contributed by atoms with Crippen LogP contribution in [0.2, 0.25) is 5.02 Å². The van der Waals surface area contributed by atoms with Gasteiger partial charge in [-0.3, -0.25) is 4.79 Å². The Kier molecular flexibility index (Phi) is 4.29. The van der Waals surface area contributed by atoms with Crippen LogP contribution in [0.15, 0.2) is 41.6 Å². The van der Waals surface area contributed by atoms with Crippen molar-refractivity contribution in [2.75, 3.05) is 5.73 Å². The lowest BCUT2D eigenvalue weighted by atomic mass is 10.2. The van der Waals surface area contributed by atoms with E-state index in [1.165, 1.54) is 18.0 Å². The zero-order valence-corrected chi connectivity index (χ0v) is 11.5. The molecule has 6 heteroatoms. The van der Waals surface area contributed by atoms with Gasteiger partial charge in [0.05, 0.1) is 17.4 Å². The summed E-state index contributed by atoms with van der Waals surface area (Å²) >= 11 is 7.25. The van der Waals surface area contributed by atoms with Gasteiger partial charge in [-0.2, -0.15) is 0 Å². The molecule has 2 aromatic rings. The molecule has 0 radical (unpaired) electrons. The van der Waals surface area contributed by atoms with Crippen LogP contribution in [0, 0.1) is 0 Å². The lowest BCUT2D eigenvalue weighted by Crippen LogP contribution is -2.13. The van der Waals surface area contributed by atoms with Crippen molar-refractivity contribution in [2.24, 2.45) is 5.73 Å². The number of amides is 1. The first-order chi connectivity index (χ1) is 9.06. The molecule has 0 bridgehead atoms. The van der Waals surface area contributed by atoms with Gasteiger partial charge in [-0.15, -0.1) is 11.8 Å². The molecule has 0 aliphatic rings. The number of carbonyl (C=O) groups is 1. The topological polar surface area (TPSA) is 82.0 Å². The summed E-state index contributed by atoms with van der Waals surface area (Å²) < 4.78 is 0. The molecular formula is C13H12ClN3OS. The minimum absolute atomic E-state index is 0.346. The molecule has 0 spiro atoms. The van der Waals surface area contributed by atoms with Crippen molar-refractivity contribution in [3.8, 4) is 0 Å². The molecule has 0 saturated heterocycles. The highest BCUT2D eigenvalue weighted by molar-refractivity contribution is 7.98. The van der Waals surface area contributed by atoms with Gasteiger partial charge < -0.3 is 11.5 Å². The molecule has 0 atom stereocenters. The molecule has 1 aromatic heterocycles. The number of halogens is 1. The molecule has 0 saturated carbocycles. The van der Waals surface area contributed by atoms with Crippen molar-refractivity contribution in [1.82, 2.24) is 4.98 Å². The average Bonchev–Trinajstić information content (AvgIpc) is 2.39. The van der Waals surface area contributed by atoms with E-state index in [1.807, 2.05) is 24.3 Å². The van der Waals surface area contributed by atoms with Crippen LogP contribution in [-0.4, -0.2) is 10.9 Å². The number of aromatic nitrogens is 1. The highest BCUT2D eigenvalue weighted by Gasteiger charge is 2.11. The van der Waals surface area contributed by atoms with Crippen LogP contribution >= 0.6 is 23.4 Å². The molecule has 1 heterocycles. The second kappa shape index (κ2) is 5.95. The Morgan fingerprint density at radius 2 is 2.00 bits per heavy atom. The molecule has 4 N–H and O–H groups in total. The molecule has 0 fully saturated rings. The summed E-state index contributed by atoms with van der Waals surface area (Å²) in [6, 6.07) is 9.04. The highest BCUT2D eigenvalue weighted by atomic mass is 35.5. The van der Waals surface area contributed by atoms with Crippen LogP contribution in [0.5, 0.6) is 0 Å². The summed E-state index contributed by atoms with van der Waals surface area (Å²) in [5.74, 6) is 0.146. The number of nitrogens with two attached hydrogens (primary N) is 2. The normalized spacial score (nSPS) is 10.4. The Morgan fingerprint density at radius 3 is 2.63 bits per heavy atom. The minimum atomic E-state index is -0.529. The van der Waals surface area contributed by atoms with Gasteiger partial charge in [0.25, 0.3) is 5.91 Å². The zero-order valence-electron chi connectivity index (χ0n) is 9.97. The van der Waals surface area contributed by atoms with E-state index in [0.717, 1.165) is 5.56 Å². The largest absolute Gasteiger partial charge is 0.397 e. The number of carbonyl (C=O) groups excluding carboxylic acids is 1. The maximum atomic E-state index is 11.3. The van der Waals surface area contributed by atoms with E-state index < -0.39 is 5.91 Å². The van der Waals surface area contributed by atoms with Gasteiger partial charge in [0.15, 0.2) is 0 Å². The van der Waals surface area contributed by atoms with Crippen molar-refractivity contribution in [3.63, 3.8) is 0 Å². The van der Waals surface area contributed by atoms with E-state index in [9.17, 15) is 4.79 Å². The Balaban J connectivity index is 2.15. The molecule has 0 unspecified atom stereocenters. The smallest absolute Gasteiger partial charge is 0.251 e. The fourth-order valence-corrected chi connectivity index (χ4v) is 2.56. The van der Waals surface area contributed by atoms with E-state index in [2.05, 4.69) is 4.98 Å². The van der Waals surface area contributed by atoms with Gasteiger partial charge in [-0.05, 0) is 23.8 Å². The predicted octanol–water partition coefficient (Wildman–Crippen LogP) is 2.71. The molecule has 1 amide bonds. The summed E-state index contributed by atoms with van der Waals surface area (Å²) in [5, 5.41) is 1.27. The summed E-state index contributed by atoms with van der Waals surface area (Å²) in [4.78, 5) is 15.5. The second-order valence-electron chi connectivity index (χ2n) is 3.90. The van der Waals surface area contributed by atoms with Crippen LogP contribution in [0.25, 0.3) is 0 Å². The zero-order chi connectivity index (χ0) is 13.8. The Bertz CT molecular complexity index is 601. The van der Waals surface area contributed by atoms with E-state index >= 15 is 0 Å². The van der Waals surface area contributed by atoms with Gasteiger partial charge in [0.2, 0.25) is 0 Å². The van der Waals surface area contributed by atoms with Crippen molar-refractivity contribution < 1.29 is 4.79 Å². The summed E-state index contributed by atoms with van der Waals surface area (Å²) in [6.45, 7) is 0. The molecule has 19 heavy (non-hydrogen) atoms. The molecule has 1 aromatic carbocycles. The van der Waals surface area contributed by atoms with Crippen molar-refractivity contribution in [1.29, 1.82) is 0 Å². The molecule has 0 aliphatic carbocycles. The van der Waals surface area contributed by atoms with Crippen LogP contribution in [0.1, 0.15) is 15.9 Å². The van der Waals surface area contributed by atoms with E-state index in [-0.39, 0.29) is 0 Å². The molecule has 98 valence electrons. The Hall–Kier alpha value is -1.72. The third kappa shape index (κ3) is 3.62. The third-order valence-corrected chi connectivity index (χ3v) is 3.75. The third-order valence-electron chi connectivity index (χ3n) is 2.43. The molecule has 4 nitrogen and oxygen atoms in total. The van der Waals surface area contributed by atoms with Crippen LogP contribution in [0.3, 0.4) is 0 Å². The van der Waals surface area contributed by atoms with E-state index in [4.69, 9.17) is 23.1 Å². The maximum absolute atomic E-state index is 11.3. The van der Waals surface area contributed by atoms with Crippen LogP contribution < -0.4 is 11.5 Å². The van der Waals surface area contributed by atoms with Gasteiger partial charge in [-0.25, -0.2) is 4.98 Å². The average molecular weight is 294 g/mol. The van der Waals surface area contributed by atoms with E-state index in [0.29, 0.717) is 27.1 Å². The first-order valence-corrected chi connectivity index (χ1v) is 6.85. The summed E-state index contributed by atoms with van der Waals surface area (Å²) in [5.41, 5.74) is 12.8. The number of primary amides is 1. The second-order valence-corrected chi connectivity index (χ2v) is 5.30. The monoisotopic (exact) mass is 293 g/mol. The molecule has 2 rings (SSSR count). The first kappa shape index (κ1) is 13.7. The van der Waals surface area contributed by atoms with Crippen LogP contribution in [-0.2, 0) is 5.75 Å². The lowest BCUT2D eigenvalue weighted by molar-refractivity contribution is 0.0997.